The van der Waals surface area contributed by atoms with Gasteiger partial charge in [-0.2, -0.15) is 0 Å². The molecule has 1 fully saturated rings. The van der Waals surface area contributed by atoms with Gasteiger partial charge in [0.2, 0.25) is 0 Å². The van der Waals surface area contributed by atoms with Crippen LogP contribution in [0.1, 0.15) is 47.9 Å². The smallest absolute Gasteiger partial charge is 0.147 e. The first-order chi connectivity index (χ1) is 12.5. The lowest BCUT2D eigenvalue weighted by atomic mass is 10.0. The number of nitrogens with zero attached hydrogens (tertiary/aromatic N) is 4. The normalized spacial score (nSPS) is 17.5. The van der Waals surface area contributed by atoms with Gasteiger partial charge in [0, 0.05) is 33.3 Å². The quantitative estimate of drug-likeness (QED) is 0.863. The summed E-state index contributed by atoms with van der Waals surface area (Å²) < 4.78 is 0. The van der Waals surface area contributed by atoms with Crippen molar-refractivity contribution in [1.82, 2.24) is 20.2 Å². The van der Waals surface area contributed by atoms with E-state index in [1.54, 1.807) is 0 Å². The minimum Gasteiger partial charge on any atom is -0.363 e. The summed E-state index contributed by atoms with van der Waals surface area (Å²) in [6, 6.07) is 11.1. The highest BCUT2D eigenvalue weighted by molar-refractivity contribution is 5.38. The molecule has 1 aromatic heterocycles. The van der Waals surface area contributed by atoms with Gasteiger partial charge in [0.1, 0.15) is 11.6 Å². The maximum Gasteiger partial charge on any atom is 0.147 e. The van der Waals surface area contributed by atoms with E-state index in [0.29, 0.717) is 0 Å². The summed E-state index contributed by atoms with van der Waals surface area (Å²) in [4.78, 5) is 14.1. The van der Waals surface area contributed by atoms with Crippen molar-refractivity contribution in [2.45, 2.75) is 45.3 Å². The van der Waals surface area contributed by atoms with Gasteiger partial charge in [0.05, 0.1) is 11.7 Å². The van der Waals surface area contributed by atoms with Gasteiger partial charge in [-0.1, -0.05) is 36.2 Å². The summed E-state index contributed by atoms with van der Waals surface area (Å²) in [6.07, 6.45) is 3.61. The van der Waals surface area contributed by atoms with Crippen LogP contribution in [-0.2, 0) is 13.1 Å². The summed E-state index contributed by atoms with van der Waals surface area (Å²) >= 11 is 0. The second kappa shape index (κ2) is 8.60. The van der Waals surface area contributed by atoms with Crippen molar-refractivity contribution in [3.05, 3.63) is 53.0 Å². The first-order valence-electron chi connectivity index (χ1n) is 9.54. The van der Waals surface area contributed by atoms with Gasteiger partial charge in [-0.25, -0.2) is 9.97 Å². The fourth-order valence-corrected chi connectivity index (χ4v) is 3.50. The van der Waals surface area contributed by atoms with E-state index in [9.17, 15) is 0 Å². The van der Waals surface area contributed by atoms with Crippen LogP contribution in [0.25, 0.3) is 0 Å². The van der Waals surface area contributed by atoms with Gasteiger partial charge < -0.3 is 10.2 Å². The van der Waals surface area contributed by atoms with Gasteiger partial charge in [0.25, 0.3) is 0 Å². The Kier molecular flexibility index (Phi) is 6.22. The molecule has 26 heavy (non-hydrogen) atoms. The van der Waals surface area contributed by atoms with Gasteiger partial charge >= 0.3 is 0 Å². The van der Waals surface area contributed by atoms with Gasteiger partial charge in [-0.15, -0.1) is 0 Å². The predicted octanol–water partition coefficient (Wildman–Crippen LogP) is 3.30. The second-order valence-electron chi connectivity index (χ2n) is 7.63. The largest absolute Gasteiger partial charge is 0.363 e. The van der Waals surface area contributed by atoms with Crippen LogP contribution >= 0.6 is 0 Å². The highest BCUT2D eigenvalue weighted by Gasteiger charge is 2.19. The summed E-state index contributed by atoms with van der Waals surface area (Å²) in [7, 11) is 6.24. The Hall–Kier alpha value is -1.98. The molecule has 0 aliphatic carbocycles. The molecule has 140 valence electrons. The standard InChI is InChI=1S/C21H31N5/c1-16-8-7-9-17(12-16)14-26(4)15-18-13-20(25(2)3)24-21(23-18)19-10-5-6-11-22-19/h7-9,12-13,19,22H,5-6,10-11,14-15H2,1-4H3/t19-/m1/s1. The third-order valence-electron chi connectivity index (χ3n) is 4.83. The van der Waals surface area contributed by atoms with Gasteiger partial charge in [-0.3, -0.25) is 4.90 Å². The van der Waals surface area contributed by atoms with Crippen LogP contribution in [0.4, 0.5) is 5.82 Å². The van der Waals surface area contributed by atoms with Crippen molar-refractivity contribution in [2.75, 3.05) is 32.6 Å². The highest BCUT2D eigenvalue weighted by Crippen LogP contribution is 2.23. The van der Waals surface area contributed by atoms with E-state index in [2.05, 4.69) is 59.4 Å². The summed E-state index contributed by atoms with van der Waals surface area (Å²) in [5.74, 6) is 1.93. The summed E-state index contributed by atoms with van der Waals surface area (Å²) in [6.45, 7) is 4.93. The van der Waals surface area contributed by atoms with Crippen LogP contribution < -0.4 is 10.2 Å². The molecule has 0 saturated carbocycles. The molecule has 5 nitrogen and oxygen atoms in total. The molecule has 0 unspecified atom stereocenters. The van der Waals surface area contributed by atoms with Crippen molar-refractivity contribution in [3.8, 4) is 0 Å². The zero-order valence-corrected chi connectivity index (χ0v) is 16.5. The second-order valence-corrected chi connectivity index (χ2v) is 7.63. The Morgan fingerprint density at radius 1 is 1.08 bits per heavy atom. The minimum absolute atomic E-state index is 0.282. The van der Waals surface area contributed by atoms with E-state index in [0.717, 1.165) is 43.4 Å². The number of benzene rings is 1. The zero-order chi connectivity index (χ0) is 18.5. The number of hydrogen-bond acceptors (Lipinski definition) is 5. The van der Waals surface area contributed by atoms with E-state index in [4.69, 9.17) is 9.97 Å². The summed E-state index contributed by atoms with van der Waals surface area (Å²) in [5.41, 5.74) is 3.73. The molecule has 2 aromatic rings. The molecule has 0 spiro atoms. The molecule has 1 aliphatic heterocycles. The molecule has 3 rings (SSSR count). The minimum atomic E-state index is 0.282. The van der Waals surface area contributed by atoms with E-state index < -0.39 is 0 Å². The molecular formula is C21H31N5. The monoisotopic (exact) mass is 353 g/mol. The number of aromatic nitrogens is 2. The predicted molar refractivity (Wildman–Crippen MR) is 107 cm³/mol. The molecule has 0 bridgehead atoms. The van der Waals surface area contributed by atoms with Crippen molar-refractivity contribution in [2.24, 2.45) is 0 Å². The molecule has 1 aromatic carbocycles. The molecule has 1 N–H and O–H groups in total. The van der Waals surface area contributed by atoms with Crippen LogP contribution in [0.2, 0.25) is 0 Å². The first kappa shape index (κ1) is 18.8. The van der Waals surface area contributed by atoms with Crippen molar-refractivity contribution >= 4 is 5.82 Å². The number of nitrogens with one attached hydrogen (secondary N) is 1. The zero-order valence-electron chi connectivity index (χ0n) is 16.5. The Bertz CT molecular complexity index is 722. The Morgan fingerprint density at radius 3 is 2.62 bits per heavy atom. The molecule has 2 heterocycles. The average molecular weight is 354 g/mol. The number of aryl methyl sites for hydroxylation is 1. The molecule has 0 amide bonds. The lowest BCUT2D eigenvalue weighted by molar-refractivity contribution is 0.313. The lowest BCUT2D eigenvalue weighted by Crippen LogP contribution is -2.29. The van der Waals surface area contributed by atoms with Crippen LogP contribution in [0.5, 0.6) is 0 Å². The number of piperidine rings is 1. The fourth-order valence-electron chi connectivity index (χ4n) is 3.50. The van der Waals surface area contributed by atoms with Crippen LogP contribution in [0, 0.1) is 6.92 Å². The van der Waals surface area contributed by atoms with Crippen LogP contribution in [0.15, 0.2) is 30.3 Å². The molecule has 0 radical (unpaired) electrons. The number of rotatable bonds is 6. The highest BCUT2D eigenvalue weighted by atomic mass is 15.2. The topological polar surface area (TPSA) is 44.3 Å². The molecule has 1 aliphatic rings. The average Bonchev–Trinajstić information content (AvgIpc) is 2.62. The third kappa shape index (κ3) is 5.02. The van der Waals surface area contributed by atoms with Crippen molar-refractivity contribution in [1.29, 1.82) is 0 Å². The third-order valence-corrected chi connectivity index (χ3v) is 4.83. The Morgan fingerprint density at radius 2 is 1.92 bits per heavy atom. The van der Waals surface area contributed by atoms with Crippen molar-refractivity contribution in [3.63, 3.8) is 0 Å². The van der Waals surface area contributed by atoms with Crippen LogP contribution in [0.3, 0.4) is 0 Å². The number of anilines is 1. The Balaban J connectivity index is 1.76. The number of hydrogen-bond donors (Lipinski definition) is 1. The first-order valence-corrected chi connectivity index (χ1v) is 9.54. The van der Waals surface area contributed by atoms with Crippen LogP contribution in [-0.4, -0.2) is 42.6 Å². The maximum absolute atomic E-state index is 4.90. The molecule has 1 atom stereocenters. The SMILES string of the molecule is Cc1cccc(CN(C)Cc2cc(N(C)C)nc([C@H]3CCCCN3)n2)c1. The van der Waals surface area contributed by atoms with E-state index in [1.807, 2.05) is 14.1 Å². The van der Waals surface area contributed by atoms with Gasteiger partial charge in [0.15, 0.2) is 0 Å². The molecule has 5 heteroatoms. The summed E-state index contributed by atoms with van der Waals surface area (Å²) in [5, 5.41) is 3.57. The lowest BCUT2D eigenvalue weighted by Gasteiger charge is -2.25. The molecule has 1 saturated heterocycles. The van der Waals surface area contributed by atoms with Gasteiger partial charge in [-0.05, 0) is 38.9 Å². The maximum atomic E-state index is 4.90. The fraction of sp³-hybridized carbons (Fsp3) is 0.524. The van der Waals surface area contributed by atoms with E-state index in [-0.39, 0.29) is 6.04 Å². The van der Waals surface area contributed by atoms with Crippen molar-refractivity contribution < 1.29 is 0 Å². The Labute approximate surface area is 157 Å². The van der Waals surface area contributed by atoms with E-state index in [1.165, 1.54) is 24.0 Å². The van der Waals surface area contributed by atoms with E-state index >= 15 is 0 Å². The molecular weight excluding hydrogens is 322 g/mol.